The number of nitrogens with zero attached hydrogens (tertiary/aromatic N) is 2. The van der Waals surface area contributed by atoms with Crippen molar-refractivity contribution in [2.24, 2.45) is 0 Å². The molecule has 2 amide bonds. The lowest BCUT2D eigenvalue weighted by Gasteiger charge is -2.22. The van der Waals surface area contributed by atoms with Gasteiger partial charge in [0.05, 0.1) is 10.6 Å². The highest BCUT2D eigenvalue weighted by atomic mass is 32.2. The molecule has 1 aliphatic carbocycles. The fourth-order valence-corrected chi connectivity index (χ4v) is 3.95. The molecule has 0 atom stereocenters. The van der Waals surface area contributed by atoms with Crippen LogP contribution in [0.25, 0.3) is 0 Å². The van der Waals surface area contributed by atoms with Gasteiger partial charge in [0.15, 0.2) is 5.82 Å². The number of carbonyl (C=O) groups excluding carboxylic acids is 2. The molecule has 3 rings (SSSR count). The van der Waals surface area contributed by atoms with E-state index in [1.807, 2.05) is 11.4 Å². The van der Waals surface area contributed by atoms with E-state index in [0.717, 1.165) is 12.8 Å². The second-order valence-electron chi connectivity index (χ2n) is 5.88. The normalized spacial score (nSPS) is 14.9. The van der Waals surface area contributed by atoms with Crippen LogP contribution in [0.5, 0.6) is 0 Å². The lowest BCUT2D eigenvalue weighted by molar-refractivity contribution is -0.119. The minimum Gasteiger partial charge on any atom is -0.353 e. The van der Waals surface area contributed by atoms with E-state index in [4.69, 9.17) is 0 Å². The SMILES string of the molecule is O=C(CSc1ccc(NC(=O)c2cccs2)nn1)NC1CCCCC1. The summed E-state index contributed by atoms with van der Waals surface area (Å²) in [5, 5.41) is 16.3. The van der Waals surface area contributed by atoms with Gasteiger partial charge in [-0.05, 0) is 36.4 Å². The van der Waals surface area contributed by atoms with Gasteiger partial charge in [0, 0.05) is 6.04 Å². The van der Waals surface area contributed by atoms with Gasteiger partial charge < -0.3 is 10.6 Å². The summed E-state index contributed by atoms with van der Waals surface area (Å²) in [6, 6.07) is 7.35. The van der Waals surface area contributed by atoms with E-state index < -0.39 is 0 Å². The predicted molar refractivity (Wildman–Crippen MR) is 100 cm³/mol. The van der Waals surface area contributed by atoms with E-state index in [-0.39, 0.29) is 11.8 Å². The number of carbonyl (C=O) groups is 2. The molecular formula is C17H20N4O2S2. The predicted octanol–water partition coefficient (Wildman–Crippen LogP) is 3.33. The Morgan fingerprint density at radius 1 is 1.16 bits per heavy atom. The van der Waals surface area contributed by atoms with Crippen molar-refractivity contribution < 1.29 is 9.59 Å². The molecule has 132 valence electrons. The maximum absolute atomic E-state index is 12.0. The van der Waals surface area contributed by atoms with Gasteiger partial charge in [-0.1, -0.05) is 37.1 Å². The van der Waals surface area contributed by atoms with Crippen molar-refractivity contribution in [3.63, 3.8) is 0 Å². The first kappa shape index (κ1) is 17.9. The largest absolute Gasteiger partial charge is 0.353 e. The van der Waals surface area contributed by atoms with E-state index in [0.29, 0.717) is 27.5 Å². The molecule has 0 unspecified atom stereocenters. The molecule has 0 aromatic carbocycles. The number of hydrogen-bond acceptors (Lipinski definition) is 6. The molecule has 1 aliphatic rings. The van der Waals surface area contributed by atoms with Crippen molar-refractivity contribution in [3.8, 4) is 0 Å². The molecule has 2 aromatic rings. The highest BCUT2D eigenvalue weighted by Crippen LogP contribution is 2.19. The Bertz CT molecular complexity index is 698. The topological polar surface area (TPSA) is 84.0 Å². The Balaban J connectivity index is 1.44. The Kier molecular flexibility index (Phi) is 6.41. The number of rotatable bonds is 6. The molecule has 0 aliphatic heterocycles. The average molecular weight is 377 g/mol. The van der Waals surface area contributed by atoms with Crippen LogP contribution in [-0.4, -0.2) is 33.8 Å². The molecule has 1 saturated carbocycles. The van der Waals surface area contributed by atoms with Crippen LogP contribution in [0.3, 0.4) is 0 Å². The van der Waals surface area contributed by atoms with Gasteiger partial charge in [-0.2, -0.15) is 0 Å². The summed E-state index contributed by atoms with van der Waals surface area (Å²) in [5.74, 6) is 0.561. The van der Waals surface area contributed by atoms with Gasteiger partial charge in [-0.15, -0.1) is 21.5 Å². The second-order valence-corrected chi connectivity index (χ2v) is 7.82. The molecule has 0 saturated heterocycles. The fourth-order valence-electron chi connectivity index (χ4n) is 2.71. The molecule has 25 heavy (non-hydrogen) atoms. The third kappa shape index (κ3) is 5.54. The molecule has 0 bridgehead atoms. The maximum Gasteiger partial charge on any atom is 0.266 e. The second kappa shape index (κ2) is 8.96. The van der Waals surface area contributed by atoms with Crippen molar-refractivity contribution in [2.75, 3.05) is 11.1 Å². The molecule has 2 N–H and O–H groups in total. The summed E-state index contributed by atoms with van der Waals surface area (Å²) in [6.45, 7) is 0. The van der Waals surface area contributed by atoms with E-state index in [1.54, 1.807) is 18.2 Å². The van der Waals surface area contributed by atoms with Gasteiger partial charge in [-0.3, -0.25) is 9.59 Å². The Morgan fingerprint density at radius 3 is 2.68 bits per heavy atom. The van der Waals surface area contributed by atoms with E-state index in [2.05, 4.69) is 20.8 Å². The molecule has 1 fully saturated rings. The minimum atomic E-state index is -0.198. The lowest BCUT2D eigenvalue weighted by atomic mass is 9.95. The molecule has 8 heteroatoms. The smallest absolute Gasteiger partial charge is 0.266 e. The van der Waals surface area contributed by atoms with Crippen LogP contribution in [-0.2, 0) is 4.79 Å². The third-order valence-corrected chi connectivity index (χ3v) is 5.74. The monoisotopic (exact) mass is 376 g/mol. The van der Waals surface area contributed by atoms with Crippen molar-refractivity contribution in [1.82, 2.24) is 15.5 Å². The zero-order chi connectivity index (χ0) is 17.5. The van der Waals surface area contributed by atoms with Crippen LogP contribution >= 0.6 is 23.1 Å². The molecule has 0 radical (unpaired) electrons. The van der Waals surface area contributed by atoms with Crippen LogP contribution in [0.1, 0.15) is 41.8 Å². The summed E-state index contributed by atoms with van der Waals surface area (Å²) >= 11 is 2.72. The number of hydrogen-bond donors (Lipinski definition) is 2. The lowest BCUT2D eigenvalue weighted by Crippen LogP contribution is -2.37. The maximum atomic E-state index is 12.0. The zero-order valence-corrected chi connectivity index (χ0v) is 15.4. The van der Waals surface area contributed by atoms with Crippen LogP contribution in [0.2, 0.25) is 0 Å². The van der Waals surface area contributed by atoms with Gasteiger partial charge in [0.1, 0.15) is 5.03 Å². The zero-order valence-electron chi connectivity index (χ0n) is 13.7. The minimum absolute atomic E-state index is 0.0359. The van der Waals surface area contributed by atoms with E-state index in [9.17, 15) is 9.59 Å². The number of amides is 2. The molecule has 0 spiro atoms. The van der Waals surface area contributed by atoms with Gasteiger partial charge in [-0.25, -0.2) is 0 Å². The molecule has 2 heterocycles. The van der Waals surface area contributed by atoms with Crippen molar-refractivity contribution >= 4 is 40.7 Å². The standard InChI is InChI=1S/C17H20N4O2S2/c22-15(18-12-5-2-1-3-6-12)11-25-16-9-8-14(20-21-16)19-17(23)13-7-4-10-24-13/h4,7-10,12H,1-3,5-6,11H2,(H,18,22)(H,19,20,23). The first-order valence-electron chi connectivity index (χ1n) is 8.31. The third-order valence-electron chi connectivity index (χ3n) is 3.95. The summed E-state index contributed by atoms with van der Waals surface area (Å²) in [7, 11) is 0. The number of aromatic nitrogens is 2. The summed E-state index contributed by atoms with van der Waals surface area (Å²) < 4.78 is 0. The summed E-state index contributed by atoms with van der Waals surface area (Å²) in [6.07, 6.45) is 5.82. The molecular weight excluding hydrogens is 356 g/mol. The average Bonchev–Trinajstić information content (AvgIpc) is 3.17. The Labute approximate surface area is 154 Å². The summed E-state index contributed by atoms with van der Waals surface area (Å²) in [5.41, 5.74) is 0. The van der Waals surface area contributed by atoms with Crippen LogP contribution in [0.15, 0.2) is 34.7 Å². The number of thiophene rings is 1. The summed E-state index contributed by atoms with van der Waals surface area (Å²) in [4.78, 5) is 24.6. The van der Waals surface area contributed by atoms with Crippen molar-refractivity contribution in [1.29, 1.82) is 0 Å². The van der Waals surface area contributed by atoms with Crippen LogP contribution < -0.4 is 10.6 Å². The van der Waals surface area contributed by atoms with Gasteiger partial charge in [0.25, 0.3) is 5.91 Å². The van der Waals surface area contributed by atoms with Gasteiger partial charge >= 0.3 is 0 Å². The first-order valence-corrected chi connectivity index (χ1v) is 10.2. The van der Waals surface area contributed by atoms with E-state index >= 15 is 0 Å². The molecule has 6 nitrogen and oxygen atoms in total. The molecule has 2 aromatic heterocycles. The van der Waals surface area contributed by atoms with E-state index in [1.165, 1.54) is 42.4 Å². The van der Waals surface area contributed by atoms with Crippen molar-refractivity contribution in [2.45, 2.75) is 43.2 Å². The quantitative estimate of drug-likeness (QED) is 0.756. The van der Waals surface area contributed by atoms with Crippen LogP contribution in [0.4, 0.5) is 5.82 Å². The number of nitrogens with one attached hydrogen (secondary N) is 2. The highest BCUT2D eigenvalue weighted by molar-refractivity contribution is 7.99. The fraction of sp³-hybridized carbons (Fsp3) is 0.412. The van der Waals surface area contributed by atoms with Crippen LogP contribution in [0, 0.1) is 0 Å². The number of thioether (sulfide) groups is 1. The van der Waals surface area contributed by atoms with Crippen molar-refractivity contribution in [3.05, 3.63) is 34.5 Å². The number of anilines is 1. The first-order chi connectivity index (χ1) is 12.2. The Hall–Kier alpha value is -1.93. The Morgan fingerprint density at radius 2 is 2.00 bits per heavy atom. The highest BCUT2D eigenvalue weighted by Gasteiger charge is 2.16. The van der Waals surface area contributed by atoms with Gasteiger partial charge in [0.2, 0.25) is 5.91 Å².